The molecule has 0 spiro atoms. The van der Waals surface area contributed by atoms with Crippen LogP contribution in [0.4, 0.5) is 0 Å². The molecule has 112 valence electrons. The standard InChI is InChI=1S/C17H13BrO4/c18-14-7-4-12(5-8-14)6-9-16(19)13-2-1-3-15(10-13)22-11-17(20)21/h1-10H,11H2,(H,20,21)/p-1/b9-6+. The Morgan fingerprint density at radius 1 is 1.14 bits per heavy atom. The van der Waals surface area contributed by atoms with Gasteiger partial charge in [-0.1, -0.05) is 46.3 Å². The summed E-state index contributed by atoms with van der Waals surface area (Å²) in [5.74, 6) is -1.19. The van der Waals surface area contributed by atoms with Crippen molar-refractivity contribution in [2.75, 3.05) is 6.61 Å². The molecular weight excluding hydrogens is 348 g/mol. The van der Waals surface area contributed by atoms with Crippen molar-refractivity contribution in [2.45, 2.75) is 0 Å². The fourth-order valence-corrected chi connectivity index (χ4v) is 1.99. The Balaban J connectivity index is 2.07. The third-order valence-electron chi connectivity index (χ3n) is 2.77. The lowest BCUT2D eigenvalue weighted by atomic mass is 10.1. The zero-order valence-electron chi connectivity index (χ0n) is 11.5. The van der Waals surface area contributed by atoms with Gasteiger partial charge in [-0.25, -0.2) is 0 Å². The van der Waals surface area contributed by atoms with E-state index in [1.807, 2.05) is 24.3 Å². The summed E-state index contributed by atoms with van der Waals surface area (Å²) in [6, 6.07) is 13.9. The highest BCUT2D eigenvalue weighted by Crippen LogP contribution is 2.15. The van der Waals surface area contributed by atoms with Crippen molar-refractivity contribution in [3.8, 4) is 5.75 Å². The van der Waals surface area contributed by atoms with Gasteiger partial charge in [0.15, 0.2) is 5.78 Å². The fourth-order valence-electron chi connectivity index (χ4n) is 1.72. The van der Waals surface area contributed by atoms with E-state index in [0.29, 0.717) is 11.3 Å². The number of hydrogen-bond donors (Lipinski definition) is 0. The van der Waals surface area contributed by atoms with Gasteiger partial charge < -0.3 is 14.6 Å². The number of halogens is 1. The van der Waals surface area contributed by atoms with Gasteiger partial charge in [0.25, 0.3) is 0 Å². The van der Waals surface area contributed by atoms with Crippen LogP contribution in [0.2, 0.25) is 0 Å². The van der Waals surface area contributed by atoms with Gasteiger partial charge in [-0.3, -0.25) is 4.79 Å². The minimum atomic E-state index is -1.31. The zero-order valence-corrected chi connectivity index (χ0v) is 13.1. The number of allylic oxidation sites excluding steroid dienone is 1. The maximum Gasteiger partial charge on any atom is 0.185 e. The summed E-state index contributed by atoms with van der Waals surface area (Å²) in [6.07, 6.45) is 3.17. The second kappa shape index (κ2) is 7.56. The topological polar surface area (TPSA) is 66.4 Å². The Hall–Kier alpha value is -2.40. The molecule has 0 aliphatic heterocycles. The quantitative estimate of drug-likeness (QED) is 0.586. The first-order chi connectivity index (χ1) is 10.5. The molecule has 0 amide bonds. The summed E-state index contributed by atoms with van der Waals surface area (Å²) >= 11 is 3.34. The van der Waals surface area contributed by atoms with Crippen molar-refractivity contribution >= 4 is 33.8 Å². The van der Waals surface area contributed by atoms with Gasteiger partial charge in [0.2, 0.25) is 0 Å². The van der Waals surface area contributed by atoms with E-state index in [1.54, 1.807) is 24.3 Å². The minimum absolute atomic E-state index is 0.193. The van der Waals surface area contributed by atoms with Crippen molar-refractivity contribution in [1.29, 1.82) is 0 Å². The number of benzene rings is 2. The molecule has 0 atom stereocenters. The second-order valence-corrected chi connectivity index (χ2v) is 5.35. The molecule has 2 aromatic carbocycles. The number of carbonyl (C=O) groups is 2. The van der Waals surface area contributed by atoms with E-state index in [0.717, 1.165) is 10.0 Å². The SMILES string of the molecule is O=C([O-])COc1cccc(C(=O)/C=C/c2ccc(Br)cc2)c1. The highest BCUT2D eigenvalue weighted by Gasteiger charge is 2.03. The first-order valence-electron chi connectivity index (χ1n) is 6.45. The summed E-state index contributed by atoms with van der Waals surface area (Å²) in [4.78, 5) is 22.5. The molecule has 2 aromatic rings. The van der Waals surface area contributed by atoms with Crippen molar-refractivity contribution in [3.63, 3.8) is 0 Å². The van der Waals surface area contributed by atoms with Crippen LogP contribution in [0.3, 0.4) is 0 Å². The van der Waals surface area contributed by atoms with Crippen molar-refractivity contribution < 1.29 is 19.4 Å². The second-order valence-electron chi connectivity index (χ2n) is 4.44. The van der Waals surface area contributed by atoms with E-state index in [1.165, 1.54) is 12.1 Å². The Labute approximate surface area is 136 Å². The molecule has 5 heteroatoms. The number of carboxylic acid groups (broad SMARTS) is 1. The van der Waals surface area contributed by atoms with Crippen LogP contribution in [0.15, 0.2) is 59.1 Å². The summed E-state index contributed by atoms with van der Waals surface area (Å²) in [6.45, 7) is -0.549. The zero-order chi connectivity index (χ0) is 15.9. The molecule has 0 fully saturated rings. The molecule has 0 saturated heterocycles. The average Bonchev–Trinajstić information content (AvgIpc) is 2.52. The van der Waals surface area contributed by atoms with Gasteiger partial charge in [0, 0.05) is 10.0 Å². The van der Waals surface area contributed by atoms with Gasteiger partial charge >= 0.3 is 0 Å². The van der Waals surface area contributed by atoms with Crippen LogP contribution in [0, 0.1) is 0 Å². The molecule has 0 unspecified atom stereocenters. The minimum Gasteiger partial charge on any atom is -0.546 e. The molecule has 2 rings (SSSR count). The Kier molecular flexibility index (Phi) is 5.49. The molecule has 0 aromatic heterocycles. The highest BCUT2D eigenvalue weighted by molar-refractivity contribution is 9.10. The van der Waals surface area contributed by atoms with E-state index in [9.17, 15) is 14.7 Å². The van der Waals surface area contributed by atoms with Gasteiger partial charge in [-0.15, -0.1) is 0 Å². The predicted octanol–water partition coefficient (Wildman–Crippen LogP) is 2.47. The smallest absolute Gasteiger partial charge is 0.185 e. The Morgan fingerprint density at radius 3 is 2.55 bits per heavy atom. The number of carbonyl (C=O) groups excluding carboxylic acids is 2. The number of aliphatic carboxylic acids is 1. The van der Waals surface area contributed by atoms with Crippen LogP contribution in [-0.2, 0) is 4.79 Å². The number of carboxylic acids is 1. The van der Waals surface area contributed by atoms with E-state index < -0.39 is 12.6 Å². The van der Waals surface area contributed by atoms with Crippen LogP contribution in [0.1, 0.15) is 15.9 Å². The molecule has 0 heterocycles. The third kappa shape index (κ3) is 4.86. The van der Waals surface area contributed by atoms with Crippen molar-refractivity contribution in [2.24, 2.45) is 0 Å². The number of ketones is 1. The molecule has 0 saturated carbocycles. The summed E-state index contributed by atoms with van der Waals surface area (Å²) in [7, 11) is 0. The molecule has 0 bridgehead atoms. The predicted molar refractivity (Wildman–Crippen MR) is 84.5 cm³/mol. The summed E-state index contributed by atoms with van der Waals surface area (Å²) in [5, 5.41) is 10.4. The summed E-state index contributed by atoms with van der Waals surface area (Å²) in [5.41, 5.74) is 1.32. The summed E-state index contributed by atoms with van der Waals surface area (Å²) < 4.78 is 5.96. The molecule has 0 N–H and O–H groups in total. The van der Waals surface area contributed by atoms with Crippen LogP contribution in [0.25, 0.3) is 6.08 Å². The molecule has 0 aliphatic carbocycles. The molecule has 0 aliphatic rings. The van der Waals surface area contributed by atoms with Gasteiger partial charge in [-0.05, 0) is 35.9 Å². The fraction of sp³-hybridized carbons (Fsp3) is 0.0588. The third-order valence-corrected chi connectivity index (χ3v) is 3.30. The number of hydrogen-bond acceptors (Lipinski definition) is 4. The lowest BCUT2D eigenvalue weighted by molar-refractivity contribution is -0.307. The Bertz CT molecular complexity index is 705. The van der Waals surface area contributed by atoms with E-state index in [4.69, 9.17) is 4.74 Å². The van der Waals surface area contributed by atoms with Crippen molar-refractivity contribution in [3.05, 3.63) is 70.2 Å². The van der Waals surface area contributed by atoms with E-state index in [2.05, 4.69) is 15.9 Å². The van der Waals surface area contributed by atoms with Gasteiger partial charge in [0.1, 0.15) is 12.4 Å². The molecule has 0 radical (unpaired) electrons. The first-order valence-corrected chi connectivity index (χ1v) is 7.24. The van der Waals surface area contributed by atoms with Crippen LogP contribution < -0.4 is 9.84 Å². The highest BCUT2D eigenvalue weighted by atomic mass is 79.9. The molecule has 4 nitrogen and oxygen atoms in total. The van der Waals surface area contributed by atoms with Gasteiger partial charge in [-0.2, -0.15) is 0 Å². The normalized spacial score (nSPS) is 10.6. The maximum atomic E-state index is 12.1. The number of ether oxygens (including phenoxy) is 1. The van der Waals surface area contributed by atoms with E-state index >= 15 is 0 Å². The van der Waals surface area contributed by atoms with Gasteiger partial charge in [0.05, 0.1) is 5.97 Å². The largest absolute Gasteiger partial charge is 0.546 e. The van der Waals surface area contributed by atoms with Crippen LogP contribution in [-0.4, -0.2) is 18.4 Å². The average molecular weight is 360 g/mol. The lowest BCUT2D eigenvalue weighted by Gasteiger charge is -2.07. The van der Waals surface area contributed by atoms with Crippen LogP contribution >= 0.6 is 15.9 Å². The first kappa shape index (κ1) is 16.0. The van der Waals surface area contributed by atoms with Crippen LogP contribution in [0.5, 0.6) is 5.75 Å². The lowest BCUT2D eigenvalue weighted by Crippen LogP contribution is -2.28. The van der Waals surface area contributed by atoms with E-state index in [-0.39, 0.29) is 5.78 Å². The maximum absolute atomic E-state index is 12.1. The monoisotopic (exact) mass is 359 g/mol. The molecular formula is C17H12BrO4-. The molecule has 22 heavy (non-hydrogen) atoms. The van der Waals surface area contributed by atoms with Crippen molar-refractivity contribution in [1.82, 2.24) is 0 Å². The Morgan fingerprint density at radius 2 is 1.86 bits per heavy atom. The number of rotatable bonds is 6.